The normalized spacial score (nSPS) is 16.3. The molecular formula is C19H22ClN5O. The van der Waals surface area contributed by atoms with Gasteiger partial charge < -0.3 is 5.11 Å². The minimum atomic E-state index is -0.758. The van der Waals surface area contributed by atoms with Gasteiger partial charge in [0.1, 0.15) is 6.10 Å². The van der Waals surface area contributed by atoms with Gasteiger partial charge in [0.15, 0.2) is 0 Å². The third-order valence-corrected chi connectivity index (χ3v) is 5.10. The van der Waals surface area contributed by atoms with Gasteiger partial charge in [0.2, 0.25) is 0 Å². The van der Waals surface area contributed by atoms with Crippen molar-refractivity contribution in [1.29, 1.82) is 0 Å². The van der Waals surface area contributed by atoms with Crippen molar-refractivity contribution >= 4 is 11.6 Å². The molecule has 1 aromatic carbocycles. The largest absolute Gasteiger partial charge is 0.380 e. The highest BCUT2D eigenvalue weighted by atomic mass is 35.5. The highest BCUT2D eigenvalue weighted by molar-refractivity contribution is 6.30. The summed E-state index contributed by atoms with van der Waals surface area (Å²) in [7, 11) is 1.83. The number of hydrogen-bond donors (Lipinski definition) is 1. The molecule has 0 fully saturated rings. The first-order valence-electron chi connectivity index (χ1n) is 8.79. The number of aryl methyl sites for hydroxylation is 2. The van der Waals surface area contributed by atoms with Gasteiger partial charge in [-0.15, -0.1) is 0 Å². The summed E-state index contributed by atoms with van der Waals surface area (Å²) >= 11 is 5.98. The molecule has 0 saturated heterocycles. The minimum absolute atomic E-state index is 0.678. The van der Waals surface area contributed by atoms with Gasteiger partial charge in [0.25, 0.3) is 0 Å². The van der Waals surface area contributed by atoms with E-state index >= 15 is 0 Å². The first kappa shape index (κ1) is 17.3. The Morgan fingerprint density at radius 1 is 1.19 bits per heavy atom. The molecule has 3 aromatic rings. The predicted octanol–water partition coefficient (Wildman–Crippen LogP) is 2.76. The fraction of sp³-hybridized carbons (Fsp3) is 0.368. The Kier molecular flexibility index (Phi) is 4.80. The van der Waals surface area contributed by atoms with E-state index in [1.165, 1.54) is 5.56 Å². The van der Waals surface area contributed by atoms with E-state index in [4.69, 9.17) is 11.6 Å². The van der Waals surface area contributed by atoms with Crippen LogP contribution in [0.4, 0.5) is 0 Å². The summed E-state index contributed by atoms with van der Waals surface area (Å²) in [5.41, 5.74) is 3.80. The van der Waals surface area contributed by atoms with E-state index in [2.05, 4.69) is 27.2 Å². The van der Waals surface area contributed by atoms with Gasteiger partial charge in [-0.1, -0.05) is 23.7 Å². The van der Waals surface area contributed by atoms with Crippen LogP contribution in [-0.2, 0) is 26.7 Å². The zero-order chi connectivity index (χ0) is 18.1. The van der Waals surface area contributed by atoms with Crippen molar-refractivity contribution in [2.75, 3.05) is 6.54 Å². The molecule has 0 radical (unpaired) electrons. The van der Waals surface area contributed by atoms with Gasteiger partial charge in [-0.2, -0.15) is 10.2 Å². The molecule has 2 aromatic heterocycles. The third-order valence-electron chi connectivity index (χ3n) is 4.85. The van der Waals surface area contributed by atoms with E-state index in [-0.39, 0.29) is 0 Å². The number of hydrogen-bond acceptors (Lipinski definition) is 4. The van der Waals surface area contributed by atoms with Gasteiger partial charge in [0, 0.05) is 44.4 Å². The number of rotatable bonds is 4. The fourth-order valence-corrected chi connectivity index (χ4v) is 3.60. The molecule has 6 nitrogen and oxygen atoms in total. The minimum Gasteiger partial charge on any atom is -0.380 e. The van der Waals surface area contributed by atoms with E-state index < -0.39 is 6.10 Å². The van der Waals surface area contributed by atoms with Crippen molar-refractivity contribution in [3.05, 3.63) is 70.3 Å². The lowest BCUT2D eigenvalue weighted by Crippen LogP contribution is -2.22. The van der Waals surface area contributed by atoms with Crippen LogP contribution >= 0.6 is 11.6 Å². The van der Waals surface area contributed by atoms with Crippen LogP contribution in [0.3, 0.4) is 0 Å². The Bertz CT molecular complexity index is 886. The molecule has 1 atom stereocenters. The number of aliphatic hydroxyl groups excluding tert-OH is 1. The summed E-state index contributed by atoms with van der Waals surface area (Å²) in [6, 6.07) is 11.8. The van der Waals surface area contributed by atoms with E-state index in [9.17, 15) is 5.11 Å². The Morgan fingerprint density at radius 3 is 2.73 bits per heavy atom. The Morgan fingerprint density at radius 2 is 2.00 bits per heavy atom. The summed E-state index contributed by atoms with van der Waals surface area (Å²) in [5.74, 6) is 0. The van der Waals surface area contributed by atoms with Crippen molar-refractivity contribution in [3.63, 3.8) is 0 Å². The van der Waals surface area contributed by atoms with E-state index in [0.29, 0.717) is 5.69 Å². The molecule has 3 heterocycles. The van der Waals surface area contributed by atoms with Gasteiger partial charge >= 0.3 is 0 Å². The molecule has 0 unspecified atom stereocenters. The number of fused-ring (bicyclic) bond motifs is 1. The lowest BCUT2D eigenvalue weighted by molar-refractivity contribution is 0.203. The second kappa shape index (κ2) is 7.23. The molecule has 1 aliphatic heterocycles. The second-order valence-electron chi connectivity index (χ2n) is 6.76. The molecule has 1 aliphatic rings. The van der Waals surface area contributed by atoms with Crippen molar-refractivity contribution in [2.45, 2.75) is 32.2 Å². The smallest absolute Gasteiger partial charge is 0.139 e. The van der Waals surface area contributed by atoms with Crippen LogP contribution in [-0.4, -0.2) is 36.1 Å². The molecule has 7 heteroatoms. The number of halogens is 1. The van der Waals surface area contributed by atoms with Crippen LogP contribution < -0.4 is 0 Å². The standard InChI is InChI=1S/C19H22ClN5O/c1-23-18(7-8-21-23)19(26)17-11-16-13-24(9-2-10-25(16)22-17)12-14-3-5-15(20)6-4-14/h3-8,11,19,26H,2,9-10,12-13H2,1H3/t19-/m1/s1. The Hall–Kier alpha value is -2.15. The molecule has 0 spiro atoms. The van der Waals surface area contributed by atoms with Crippen LogP contribution in [0.5, 0.6) is 0 Å². The van der Waals surface area contributed by atoms with Gasteiger partial charge in [-0.3, -0.25) is 14.3 Å². The summed E-state index contributed by atoms with van der Waals surface area (Å²) in [4.78, 5) is 2.41. The van der Waals surface area contributed by atoms with Crippen LogP contribution in [0.15, 0.2) is 42.6 Å². The van der Waals surface area contributed by atoms with Crippen molar-refractivity contribution in [2.24, 2.45) is 7.05 Å². The lowest BCUT2D eigenvalue weighted by Gasteiger charge is -2.19. The lowest BCUT2D eigenvalue weighted by atomic mass is 10.1. The topological polar surface area (TPSA) is 59.1 Å². The average molecular weight is 372 g/mol. The Labute approximate surface area is 157 Å². The Balaban J connectivity index is 1.52. The zero-order valence-electron chi connectivity index (χ0n) is 14.7. The van der Waals surface area contributed by atoms with E-state index in [0.717, 1.165) is 49.0 Å². The SMILES string of the molecule is Cn1nccc1[C@H](O)c1cc2n(n1)CCCN(Cc1ccc(Cl)cc1)C2. The molecule has 26 heavy (non-hydrogen) atoms. The van der Waals surface area contributed by atoms with E-state index in [1.807, 2.05) is 36.0 Å². The van der Waals surface area contributed by atoms with E-state index in [1.54, 1.807) is 10.9 Å². The monoisotopic (exact) mass is 371 g/mol. The maximum Gasteiger partial charge on any atom is 0.139 e. The summed E-state index contributed by atoms with van der Waals surface area (Å²) in [6.45, 7) is 3.58. The number of aliphatic hydroxyl groups is 1. The maximum absolute atomic E-state index is 10.6. The van der Waals surface area contributed by atoms with Gasteiger partial charge in [-0.25, -0.2) is 0 Å². The van der Waals surface area contributed by atoms with Crippen LogP contribution in [0.25, 0.3) is 0 Å². The molecule has 0 amide bonds. The molecule has 136 valence electrons. The molecule has 0 bridgehead atoms. The number of aromatic nitrogens is 4. The summed E-state index contributed by atoms with van der Waals surface area (Å²) < 4.78 is 3.71. The van der Waals surface area contributed by atoms with Gasteiger partial charge in [-0.05, 0) is 36.2 Å². The molecule has 1 N–H and O–H groups in total. The molecule has 0 aliphatic carbocycles. The molecular weight excluding hydrogens is 350 g/mol. The zero-order valence-corrected chi connectivity index (χ0v) is 15.5. The summed E-state index contributed by atoms with van der Waals surface area (Å²) in [6.07, 6.45) is 1.96. The van der Waals surface area contributed by atoms with Crippen LogP contribution in [0, 0.1) is 0 Å². The molecule has 0 saturated carbocycles. The third kappa shape index (κ3) is 3.53. The highest BCUT2D eigenvalue weighted by Crippen LogP contribution is 2.24. The van der Waals surface area contributed by atoms with Crippen LogP contribution in [0.1, 0.15) is 35.2 Å². The first-order valence-corrected chi connectivity index (χ1v) is 9.17. The second-order valence-corrected chi connectivity index (χ2v) is 7.19. The van der Waals surface area contributed by atoms with Crippen molar-refractivity contribution < 1.29 is 5.11 Å². The van der Waals surface area contributed by atoms with Crippen LogP contribution in [0.2, 0.25) is 5.02 Å². The maximum atomic E-state index is 10.6. The highest BCUT2D eigenvalue weighted by Gasteiger charge is 2.22. The van der Waals surface area contributed by atoms with Gasteiger partial charge in [0.05, 0.1) is 17.1 Å². The first-order chi connectivity index (χ1) is 12.6. The van der Waals surface area contributed by atoms with Crippen molar-refractivity contribution in [1.82, 2.24) is 24.5 Å². The number of benzene rings is 1. The van der Waals surface area contributed by atoms with Crippen molar-refractivity contribution in [3.8, 4) is 0 Å². The average Bonchev–Trinajstić information content (AvgIpc) is 3.18. The predicted molar refractivity (Wildman–Crippen MR) is 99.7 cm³/mol. The fourth-order valence-electron chi connectivity index (χ4n) is 3.47. The quantitative estimate of drug-likeness (QED) is 0.766. The number of nitrogens with zero attached hydrogens (tertiary/aromatic N) is 5. The molecule has 4 rings (SSSR count). The summed E-state index contributed by atoms with van der Waals surface area (Å²) in [5, 5.41) is 20.2.